The number of hydrogen-bond acceptors (Lipinski definition) is 3. The number of carbonyl (C=O) groups is 1. The van der Waals surface area contributed by atoms with Crippen LogP contribution in [-0.2, 0) is 4.79 Å². The van der Waals surface area contributed by atoms with Crippen molar-refractivity contribution in [3.8, 4) is 0 Å². The zero-order chi connectivity index (χ0) is 10.0. The molecule has 1 heterocycles. The van der Waals surface area contributed by atoms with Crippen LogP contribution in [0.5, 0.6) is 0 Å². The van der Waals surface area contributed by atoms with Gasteiger partial charge in [0.05, 0.1) is 0 Å². The number of nitrogens with zero attached hydrogens (tertiary/aromatic N) is 2. The standard InChI is InChI=1S/C9H18N2O2.2ClH/c1-7-6-10(3)4-5-11(7)8(2)9(12)13;;/h7-8H,4-6H2,1-3H3,(H,12,13);2*1H. The molecular weight excluding hydrogens is 239 g/mol. The monoisotopic (exact) mass is 258 g/mol. The summed E-state index contributed by atoms with van der Waals surface area (Å²) in [4.78, 5) is 15.0. The molecule has 0 aromatic heterocycles. The van der Waals surface area contributed by atoms with E-state index in [1.165, 1.54) is 0 Å². The molecule has 15 heavy (non-hydrogen) atoms. The van der Waals surface area contributed by atoms with Crippen molar-refractivity contribution in [1.82, 2.24) is 9.80 Å². The quantitative estimate of drug-likeness (QED) is 0.801. The maximum atomic E-state index is 10.8. The van der Waals surface area contributed by atoms with E-state index in [2.05, 4.69) is 18.9 Å². The number of aliphatic carboxylic acids is 1. The molecule has 2 atom stereocenters. The van der Waals surface area contributed by atoms with E-state index < -0.39 is 5.97 Å². The van der Waals surface area contributed by atoms with Crippen molar-refractivity contribution in [3.05, 3.63) is 0 Å². The summed E-state index contributed by atoms with van der Waals surface area (Å²) in [6.07, 6.45) is 0. The van der Waals surface area contributed by atoms with Crippen molar-refractivity contribution in [2.24, 2.45) is 0 Å². The van der Waals surface area contributed by atoms with Gasteiger partial charge in [0.2, 0.25) is 0 Å². The molecule has 0 radical (unpaired) electrons. The Morgan fingerprint density at radius 3 is 2.33 bits per heavy atom. The van der Waals surface area contributed by atoms with Gasteiger partial charge in [0.25, 0.3) is 0 Å². The van der Waals surface area contributed by atoms with Crippen LogP contribution in [0, 0.1) is 0 Å². The van der Waals surface area contributed by atoms with Crippen LogP contribution in [0.15, 0.2) is 0 Å². The van der Waals surface area contributed by atoms with Gasteiger partial charge in [-0.1, -0.05) is 0 Å². The Labute approximate surface area is 103 Å². The molecule has 1 rings (SSSR count). The molecule has 0 bridgehead atoms. The highest BCUT2D eigenvalue weighted by molar-refractivity contribution is 5.85. The van der Waals surface area contributed by atoms with Gasteiger partial charge in [-0.05, 0) is 20.9 Å². The van der Waals surface area contributed by atoms with Gasteiger partial charge in [-0.3, -0.25) is 9.69 Å². The largest absolute Gasteiger partial charge is 0.480 e. The third-order valence-corrected chi connectivity index (χ3v) is 2.74. The second-order valence-corrected chi connectivity index (χ2v) is 3.86. The van der Waals surface area contributed by atoms with Crippen molar-refractivity contribution in [3.63, 3.8) is 0 Å². The van der Waals surface area contributed by atoms with Gasteiger partial charge in [-0.2, -0.15) is 0 Å². The third kappa shape index (κ3) is 4.55. The molecule has 92 valence electrons. The molecule has 6 heteroatoms. The molecule has 0 aromatic rings. The number of rotatable bonds is 2. The second kappa shape index (κ2) is 7.28. The van der Waals surface area contributed by atoms with Crippen molar-refractivity contribution in [1.29, 1.82) is 0 Å². The van der Waals surface area contributed by atoms with Gasteiger partial charge < -0.3 is 10.0 Å². The van der Waals surface area contributed by atoms with Gasteiger partial charge in [-0.15, -0.1) is 24.8 Å². The first kappa shape index (κ1) is 17.4. The lowest BCUT2D eigenvalue weighted by molar-refractivity contribution is -0.144. The summed E-state index contributed by atoms with van der Waals surface area (Å²) in [5.41, 5.74) is 0. The van der Waals surface area contributed by atoms with E-state index in [1.807, 2.05) is 4.90 Å². The van der Waals surface area contributed by atoms with E-state index in [9.17, 15) is 4.79 Å². The fourth-order valence-electron chi connectivity index (χ4n) is 1.87. The molecule has 1 fully saturated rings. The Kier molecular flexibility index (Phi) is 8.43. The lowest BCUT2D eigenvalue weighted by atomic mass is 10.1. The fraction of sp³-hybridized carbons (Fsp3) is 0.889. The van der Waals surface area contributed by atoms with Crippen LogP contribution >= 0.6 is 24.8 Å². The smallest absolute Gasteiger partial charge is 0.320 e. The predicted molar refractivity (Wildman–Crippen MR) is 65.3 cm³/mol. The first-order valence-corrected chi connectivity index (χ1v) is 4.69. The number of carboxylic acid groups (broad SMARTS) is 1. The highest BCUT2D eigenvalue weighted by Gasteiger charge is 2.28. The van der Waals surface area contributed by atoms with Crippen molar-refractivity contribution >= 4 is 30.8 Å². The molecule has 4 nitrogen and oxygen atoms in total. The highest BCUT2D eigenvalue weighted by atomic mass is 35.5. The van der Waals surface area contributed by atoms with Crippen LogP contribution in [-0.4, -0.2) is 59.6 Å². The minimum atomic E-state index is -0.726. The van der Waals surface area contributed by atoms with E-state index in [0.29, 0.717) is 6.04 Å². The van der Waals surface area contributed by atoms with Gasteiger partial charge >= 0.3 is 5.97 Å². The Bertz CT molecular complexity index is 205. The number of carboxylic acids is 1. The van der Waals surface area contributed by atoms with Crippen molar-refractivity contribution in [2.75, 3.05) is 26.7 Å². The van der Waals surface area contributed by atoms with E-state index in [-0.39, 0.29) is 30.9 Å². The number of piperazine rings is 1. The zero-order valence-electron chi connectivity index (χ0n) is 9.34. The second-order valence-electron chi connectivity index (χ2n) is 3.86. The van der Waals surface area contributed by atoms with E-state index in [1.54, 1.807) is 6.92 Å². The normalized spacial score (nSPS) is 24.9. The average Bonchev–Trinajstić information content (AvgIpc) is 2.03. The molecule has 1 aliphatic rings. The van der Waals surface area contributed by atoms with Gasteiger partial charge in [0.1, 0.15) is 6.04 Å². The molecule has 0 aliphatic carbocycles. The molecule has 0 amide bonds. The Morgan fingerprint density at radius 2 is 1.93 bits per heavy atom. The van der Waals surface area contributed by atoms with E-state index >= 15 is 0 Å². The molecule has 2 unspecified atom stereocenters. The first-order valence-electron chi connectivity index (χ1n) is 4.69. The molecule has 0 aromatic carbocycles. The predicted octanol–water partition coefficient (Wildman–Crippen LogP) is 0.939. The topological polar surface area (TPSA) is 43.8 Å². The number of likely N-dealkylation sites (N-methyl/N-ethyl adjacent to an activating group) is 1. The maximum absolute atomic E-state index is 10.8. The molecule has 1 saturated heterocycles. The van der Waals surface area contributed by atoms with Crippen LogP contribution in [0.1, 0.15) is 13.8 Å². The van der Waals surface area contributed by atoms with Crippen LogP contribution in [0.2, 0.25) is 0 Å². The van der Waals surface area contributed by atoms with Gasteiger partial charge in [0, 0.05) is 25.7 Å². The summed E-state index contributed by atoms with van der Waals surface area (Å²) in [7, 11) is 2.07. The lowest BCUT2D eigenvalue weighted by Crippen LogP contribution is -2.55. The Balaban J connectivity index is 0. The fourth-order valence-corrected chi connectivity index (χ4v) is 1.87. The SMILES string of the molecule is CC1CN(C)CCN1C(C)C(=O)O.Cl.Cl. The molecule has 1 aliphatic heterocycles. The third-order valence-electron chi connectivity index (χ3n) is 2.74. The van der Waals surface area contributed by atoms with Crippen molar-refractivity contribution in [2.45, 2.75) is 25.9 Å². The summed E-state index contributed by atoms with van der Waals surface area (Å²) in [5.74, 6) is -0.726. The highest BCUT2D eigenvalue weighted by Crippen LogP contribution is 2.11. The summed E-state index contributed by atoms with van der Waals surface area (Å²) in [6.45, 7) is 6.60. The van der Waals surface area contributed by atoms with Gasteiger partial charge in [0.15, 0.2) is 0 Å². The minimum Gasteiger partial charge on any atom is -0.480 e. The average molecular weight is 259 g/mol. The number of hydrogen-bond donors (Lipinski definition) is 1. The molecule has 1 N–H and O–H groups in total. The lowest BCUT2D eigenvalue weighted by Gasteiger charge is -2.40. The summed E-state index contributed by atoms with van der Waals surface area (Å²) in [5, 5.41) is 8.86. The van der Waals surface area contributed by atoms with Crippen LogP contribution in [0.3, 0.4) is 0 Å². The maximum Gasteiger partial charge on any atom is 0.320 e. The van der Waals surface area contributed by atoms with Crippen LogP contribution in [0.25, 0.3) is 0 Å². The zero-order valence-corrected chi connectivity index (χ0v) is 11.0. The summed E-state index contributed by atoms with van der Waals surface area (Å²) >= 11 is 0. The Hall–Kier alpha value is -0.0300. The van der Waals surface area contributed by atoms with E-state index in [0.717, 1.165) is 19.6 Å². The molecule has 0 spiro atoms. The van der Waals surface area contributed by atoms with Crippen LogP contribution in [0.4, 0.5) is 0 Å². The first-order chi connectivity index (χ1) is 6.02. The van der Waals surface area contributed by atoms with Crippen molar-refractivity contribution < 1.29 is 9.90 Å². The van der Waals surface area contributed by atoms with E-state index in [4.69, 9.17) is 5.11 Å². The van der Waals surface area contributed by atoms with Gasteiger partial charge in [-0.25, -0.2) is 0 Å². The number of halogens is 2. The molecular formula is C9H20Cl2N2O2. The molecule has 0 saturated carbocycles. The summed E-state index contributed by atoms with van der Waals surface area (Å²) in [6, 6.07) is -0.0199. The summed E-state index contributed by atoms with van der Waals surface area (Å²) < 4.78 is 0. The minimum absolute atomic E-state index is 0. The van der Waals surface area contributed by atoms with Crippen LogP contribution < -0.4 is 0 Å². The Morgan fingerprint density at radius 1 is 1.40 bits per heavy atom.